The predicted octanol–water partition coefficient (Wildman–Crippen LogP) is 3.14. The Labute approximate surface area is 181 Å². The Morgan fingerprint density at radius 3 is 2.45 bits per heavy atom. The number of sulfonamides is 1. The Hall–Kier alpha value is -3.23. The minimum absolute atomic E-state index is 0.0158. The number of aryl methyl sites for hydroxylation is 1. The molecular weight excluding hydrogens is 416 g/mol. The summed E-state index contributed by atoms with van der Waals surface area (Å²) in [6, 6.07) is 16.1. The number of carbonyl (C=O) groups excluding carboxylic acids is 2. The minimum Gasteiger partial charge on any atom is -0.452 e. The van der Waals surface area contributed by atoms with Crippen LogP contribution in [0.3, 0.4) is 0 Å². The van der Waals surface area contributed by atoms with Gasteiger partial charge in [-0.25, -0.2) is 18.4 Å². The lowest BCUT2D eigenvalue weighted by molar-refractivity contribution is -0.124. The van der Waals surface area contributed by atoms with Crippen molar-refractivity contribution in [3.63, 3.8) is 0 Å². The first kappa shape index (κ1) is 22.5. The van der Waals surface area contributed by atoms with E-state index in [0.29, 0.717) is 11.1 Å². The van der Waals surface area contributed by atoms with Gasteiger partial charge in [0.1, 0.15) is 0 Å². The van der Waals surface area contributed by atoms with E-state index in [1.54, 1.807) is 13.8 Å². The SMILES string of the molecule is Cc1cc(C(=O)OCC(=O)N[C@@H](C)c2cccc3ccccc23)cc(S(N)(=O)=O)c1C. The molecule has 0 unspecified atom stereocenters. The molecule has 162 valence electrons. The molecule has 3 N–H and O–H groups in total. The fourth-order valence-corrected chi connectivity index (χ4v) is 4.32. The maximum atomic E-state index is 12.4. The molecule has 0 aliphatic heterocycles. The van der Waals surface area contributed by atoms with Crippen molar-refractivity contribution in [2.45, 2.75) is 31.7 Å². The Morgan fingerprint density at radius 2 is 1.74 bits per heavy atom. The number of nitrogens with one attached hydrogen (secondary N) is 1. The van der Waals surface area contributed by atoms with Gasteiger partial charge in [-0.15, -0.1) is 0 Å². The summed E-state index contributed by atoms with van der Waals surface area (Å²) in [5, 5.41) is 10.1. The number of esters is 1. The second-order valence-corrected chi connectivity index (χ2v) is 8.92. The van der Waals surface area contributed by atoms with Gasteiger partial charge in [0.2, 0.25) is 10.0 Å². The van der Waals surface area contributed by atoms with Crippen LogP contribution >= 0.6 is 0 Å². The summed E-state index contributed by atoms with van der Waals surface area (Å²) in [5.74, 6) is -1.27. The summed E-state index contributed by atoms with van der Waals surface area (Å²) in [6.07, 6.45) is 0. The first-order chi connectivity index (χ1) is 14.6. The van der Waals surface area contributed by atoms with Crippen molar-refractivity contribution in [2.24, 2.45) is 5.14 Å². The van der Waals surface area contributed by atoms with E-state index in [1.807, 2.05) is 49.4 Å². The van der Waals surface area contributed by atoms with Gasteiger partial charge in [-0.2, -0.15) is 0 Å². The van der Waals surface area contributed by atoms with Gasteiger partial charge in [0.05, 0.1) is 16.5 Å². The van der Waals surface area contributed by atoms with Crippen molar-refractivity contribution in [3.8, 4) is 0 Å². The fraction of sp³-hybridized carbons (Fsp3) is 0.217. The topological polar surface area (TPSA) is 116 Å². The molecule has 1 atom stereocenters. The van der Waals surface area contributed by atoms with E-state index in [0.717, 1.165) is 22.4 Å². The lowest BCUT2D eigenvalue weighted by atomic mass is 10.00. The van der Waals surface area contributed by atoms with Crippen LogP contribution in [-0.2, 0) is 19.6 Å². The smallest absolute Gasteiger partial charge is 0.338 e. The molecule has 0 radical (unpaired) electrons. The Bertz CT molecular complexity index is 1260. The number of ether oxygens (including phenoxy) is 1. The quantitative estimate of drug-likeness (QED) is 0.572. The summed E-state index contributed by atoms with van der Waals surface area (Å²) in [7, 11) is -3.99. The van der Waals surface area contributed by atoms with E-state index in [4.69, 9.17) is 9.88 Å². The monoisotopic (exact) mass is 440 g/mol. The lowest BCUT2D eigenvalue weighted by Crippen LogP contribution is -2.31. The van der Waals surface area contributed by atoms with E-state index in [2.05, 4.69) is 5.32 Å². The van der Waals surface area contributed by atoms with Gasteiger partial charge in [0.15, 0.2) is 6.61 Å². The van der Waals surface area contributed by atoms with Crippen LogP contribution in [0.2, 0.25) is 0 Å². The van der Waals surface area contributed by atoms with Crippen LogP contribution in [0.5, 0.6) is 0 Å². The van der Waals surface area contributed by atoms with Crippen LogP contribution in [0.4, 0.5) is 0 Å². The van der Waals surface area contributed by atoms with Crippen molar-refractivity contribution < 1.29 is 22.7 Å². The summed E-state index contributed by atoms with van der Waals surface area (Å²) >= 11 is 0. The molecule has 0 saturated carbocycles. The summed E-state index contributed by atoms with van der Waals surface area (Å²) in [5.41, 5.74) is 2.00. The highest BCUT2D eigenvalue weighted by Crippen LogP contribution is 2.24. The third-order valence-corrected chi connectivity index (χ3v) is 6.20. The molecule has 0 aliphatic carbocycles. The van der Waals surface area contributed by atoms with Crippen molar-refractivity contribution in [2.75, 3.05) is 6.61 Å². The van der Waals surface area contributed by atoms with E-state index in [-0.39, 0.29) is 16.5 Å². The van der Waals surface area contributed by atoms with Gasteiger partial charge in [-0.05, 0) is 60.4 Å². The summed E-state index contributed by atoms with van der Waals surface area (Å²) < 4.78 is 28.6. The molecule has 7 nitrogen and oxygen atoms in total. The zero-order valence-electron chi connectivity index (χ0n) is 17.5. The molecule has 0 aromatic heterocycles. The lowest BCUT2D eigenvalue weighted by Gasteiger charge is -2.17. The van der Waals surface area contributed by atoms with Gasteiger partial charge in [-0.1, -0.05) is 42.5 Å². The average molecular weight is 441 g/mol. The van der Waals surface area contributed by atoms with E-state index in [9.17, 15) is 18.0 Å². The van der Waals surface area contributed by atoms with Gasteiger partial charge in [0, 0.05) is 0 Å². The maximum absolute atomic E-state index is 12.4. The predicted molar refractivity (Wildman–Crippen MR) is 118 cm³/mol. The molecule has 3 aromatic rings. The second-order valence-electron chi connectivity index (χ2n) is 7.39. The van der Waals surface area contributed by atoms with Crippen LogP contribution in [0.15, 0.2) is 59.5 Å². The number of nitrogens with two attached hydrogens (primary N) is 1. The highest BCUT2D eigenvalue weighted by molar-refractivity contribution is 7.89. The van der Waals surface area contributed by atoms with Crippen molar-refractivity contribution in [1.82, 2.24) is 5.32 Å². The molecule has 3 aromatic carbocycles. The largest absolute Gasteiger partial charge is 0.452 e. The van der Waals surface area contributed by atoms with Crippen LogP contribution in [0, 0.1) is 13.8 Å². The Morgan fingerprint density at radius 1 is 1.06 bits per heavy atom. The number of hydrogen-bond donors (Lipinski definition) is 2. The Kier molecular flexibility index (Phi) is 6.42. The Balaban J connectivity index is 1.68. The zero-order chi connectivity index (χ0) is 22.8. The first-order valence-corrected chi connectivity index (χ1v) is 11.2. The molecule has 3 rings (SSSR count). The van der Waals surface area contributed by atoms with Gasteiger partial charge in [0.25, 0.3) is 5.91 Å². The normalized spacial score (nSPS) is 12.4. The molecule has 0 spiro atoms. The number of rotatable bonds is 6. The molecule has 0 bridgehead atoms. The van der Waals surface area contributed by atoms with Crippen LogP contribution in [-0.4, -0.2) is 26.9 Å². The van der Waals surface area contributed by atoms with Crippen LogP contribution in [0.1, 0.15) is 40.0 Å². The third-order valence-electron chi connectivity index (χ3n) is 5.16. The third kappa shape index (κ3) is 5.10. The van der Waals surface area contributed by atoms with E-state index in [1.165, 1.54) is 6.07 Å². The van der Waals surface area contributed by atoms with E-state index >= 15 is 0 Å². The number of amides is 1. The number of benzene rings is 3. The van der Waals surface area contributed by atoms with Crippen molar-refractivity contribution >= 4 is 32.7 Å². The van der Waals surface area contributed by atoms with Crippen LogP contribution in [0.25, 0.3) is 10.8 Å². The maximum Gasteiger partial charge on any atom is 0.338 e. The minimum atomic E-state index is -3.99. The number of primary sulfonamides is 1. The first-order valence-electron chi connectivity index (χ1n) is 9.66. The highest BCUT2D eigenvalue weighted by Gasteiger charge is 2.19. The van der Waals surface area contributed by atoms with Crippen molar-refractivity contribution in [3.05, 3.63) is 76.9 Å². The van der Waals surface area contributed by atoms with Gasteiger partial charge < -0.3 is 10.1 Å². The van der Waals surface area contributed by atoms with Crippen LogP contribution < -0.4 is 10.5 Å². The molecule has 1 amide bonds. The van der Waals surface area contributed by atoms with Gasteiger partial charge >= 0.3 is 5.97 Å². The number of fused-ring (bicyclic) bond motifs is 1. The number of hydrogen-bond acceptors (Lipinski definition) is 5. The second kappa shape index (κ2) is 8.87. The van der Waals surface area contributed by atoms with Gasteiger partial charge in [-0.3, -0.25) is 4.79 Å². The van der Waals surface area contributed by atoms with E-state index < -0.39 is 28.5 Å². The highest BCUT2D eigenvalue weighted by atomic mass is 32.2. The summed E-state index contributed by atoms with van der Waals surface area (Å²) in [6.45, 7) is 4.63. The molecule has 0 heterocycles. The standard InChI is InChI=1S/C23H24N2O5S/c1-14-11-18(12-21(15(14)2)31(24,28)29)23(27)30-13-22(26)25-16(3)19-10-6-8-17-7-4-5-9-20(17)19/h4-12,16H,13H2,1-3H3,(H,25,26)(H2,24,28,29)/t16-/m0/s1. The zero-order valence-corrected chi connectivity index (χ0v) is 18.3. The van der Waals surface area contributed by atoms with Crippen molar-refractivity contribution in [1.29, 1.82) is 0 Å². The molecule has 0 aliphatic rings. The number of carbonyl (C=O) groups is 2. The average Bonchev–Trinajstić information content (AvgIpc) is 2.72. The summed E-state index contributed by atoms with van der Waals surface area (Å²) in [4.78, 5) is 24.6. The molecule has 31 heavy (non-hydrogen) atoms. The molecule has 0 fully saturated rings. The fourth-order valence-electron chi connectivity index (χ4n) is 3.44. The molecule has 0 saturated heterocycles. The molecular formula is C23H24N2O5S. The molecule has 8 heteroatoms.